The van der Waals surface area contributed by atoms with Gasteiger partial charge in [-0.2, -0.15) is 0 Å². The summed E-state index contributed by atoms with van der Waals surface area (Å²) >= 11 is 1.79. The van der Waals surface area contributed by atoms with Crippen LogP contribution < -0.4 is 10.2 Å². The molecule has 1 atom stereocenters. The number of nitrogens with zero attached hydrogens (tertiary/aromatic N) is 2. The van der Waals surface area contributed by atoms with E-state index in [2.05, 4.69) is 35.5 Å². The van der Waals surface area contributed by atoms with Crippen molar-refractivity contribution in [1.82, 2.24) is 10.3 Å². The molecule has 0 saturated carbocycles. The molecule has 2 heterocycles. The van der Waals surface area contributed by atoms with Gasteiger partial charge >= 0.3 is 0 Å². The quantitative estimate of drug-likeness (QED) is 0.919. The first-order valence-corrected chi connectivity index (χ1v) is 6.95. The normalized spacial score (nSPS) is 19.5. The van der Waals surface area contributed by atoms with Gasteiger partial charge in [-0.25, -0.2) is 4.98 Å². The Morgan fingerprint density at radius 1 is 1.39 bits per heavy atom. The Labute approximate surface area is 118 Å². The number of thiazole rings is 1. The highest BCUT2D eigenvalue weighted by Gasteiger charge is 2.20. The third kappa shape index (κ3) is 2.60. The minimum atomic E-state index is 0. The van der Waals surface area contributed by atoms with Gasteiger partial charge in [0, 0.05) is 19.6 Å². The van der Waals surface area contributed by atoms with E-state index in [1.54, 1.807) is 11.3 Å². The fourth-order valence-corrected chi connectivity index (χ4v) is 3.33. The van der Waals surface area contributed by atoms with E-state index in [1.165, 1.54) is 17.5 Å². The maximum absolute atomic E-state index is 4.70. The highest BCUT2D eigenvalue weighted by Crippen LogP contribution is 2.29. The summed E-state index contributed by atoms with van der Waals surface area (Å²) in [5, 5.41) is 4.59. The zero-order valence-electron chi connectivity index (χ0n) is 10.4. The van der Waals surface area contributed by atoms with Gasteiger partial charge in [-0.15, -0.1) is 12.4 Å². The molecule has 1 aromatic heterocycles. The summed E-state index contributed by atoms with van der Waals surface area (Å²) in [7, 11) is 2.16. The number of nitrogens with one attached hydrogen (secondary N) is 1. The van der Waals surface area contributed by atoms with Crippen LogP contribution in [-0.4, -0.2) is 31.2 Å². The fourth-order valence-electron chi connectivity index (χ4n) is 2.33. The number of halogens is 1. The highest BCUT2D eigenvalue weighted by atomic mass is 35.5. The molecule has 0 spiro atoms. The molecule has 0 amide bonds. The SMILES string of the molecule is CN(c1nc2ccccc2s1)C1CCCNC1.Cl. The van der Waals surface area contributed by atoms with Crippen molar-refractivity contribution in [2.45, 2.75) is 18.9 Å². The lowest BCUT2D eigenvalue weighted by atomic mass is 10.1. The van der Waals surface area contributed by atoms with E-state index in [0.717, 1.165) is 23.7 Å². The molecule has 1 unspecified atom stereocenters. The second kappa shape index (κ2) is 5.87. The third-order valence-electron chi connectivity index (χ3n) is 3.40. The second-order valence-electron chi connectivity index (χ2n) is 4.58. The number of likely N-dealkylation sites (N-methyl/N-ethyl adjacent to an activating group) is 1. The first-order valence-electron chi connectivity index (χ1n) is 6.14. The average molecular weight is 284 g/mol. The summed E-state index contributed by atoms with van der Waals surface area (Å²) in [4.78, 5) is 7.03. The molecule has 2 aromatic rings. The van der Waals surface area contributed by atoms with E-state index < -0.39 is 0 Å². The molecular weight excluding hydrogens is 266 g/mol. The third-order valence-corrected chi connectivity index (χ3v) is 4.53. The van der Waals surface area contributed by atoms with Crippen molar-refractivity contribution in [3.05, 3.63) is 24.3 Å². The zero-order valence-corrected chi connectivity index (χ0v) is 12.1. The van der Waals surface area contributed by atoms with Crippen LogP contribution in [0.1, 0.15) is 12.8 Å². The molecule has 1 aliphatic rings. The van der Waals surface area contributed by atoms with Crippen molar-refractivity contribution >= 4 is 39.1 Å². The van der Waals surface area contributed by atoms with E-state index in [1.807, 2.05) is 6.07 Å². The summed E-state index contributed by atoms with van der Waals surface area (Å²) in [6.45, 7) is 2.23. The number of fused-ring (bicyclic) bond motifs is 1. The Morgan fingerprint density at radius 2 is 2.22 bits per heavy atom. The number of hydrogen-bond acceptors (Lipinski definition) is 4. The maximum Gasteiger partial charge on any atom is 0.186 e. The molecule has 3 rings (SSSR count). The number of anilines is 1. The molecule has 0 radical (unpaired) electrons. The van der Waals surface area contributed by atoms with Crippen molar-refractivity contribution in [3.8, 4) is 0 Å². The van der Waals surface area contributed by atoms with Gasteiger partial charge in [-0.05, 0) is 31.5 Å². The van der Waals surface area contributed by atoms with Crippen LogP contribution in [0.25, 0.3) is 10.2 Å². The van der Waals surface area contributed by atoms with Gasteiger partial charge in [0.1, 0.15) is 0 Å². The summed E-state index contributed by atoms with van der Waals surface area (Å²) in [6.07, 6.45) is 2.53. The number of rotatable bonds is 2. The van der Waals surface area contributed by atoms with Crippen LogP contribution in [0.5, 0.6) is 0 Å². The molecule has 18 heavy (non-hydrogen) atoms. The molecular formula is C13H18ClN3S. The van der Waals surface area contributed by atoms with Gasteiger partial charge in [0.05, 0.1) is 10.2 Å². The minimum Gasteiger partial charge on any atom is -0.347 e. The summed E-state index contributed by atoms with van der Waals surface area (Å²) in [6, 6.07) is 8.94. The Hall–Kier alpha value is -0.840. The van der Waals surface area contributed by atoms with Crippen LogP contribution in [0.4, 0.5) is 5.13 Å². The van der Waals surface area contributed by atoms with E-state index in [0.29, 0.717) is 6.04 Å². The van der Waals surface area contributed by atoms with E-state index >= 15 is 0 Å². The molecule has 5 heteroatoms. The largest absolute Gasteiger partial charge is 0.347 e. The maximum atomic E-state index is 4.70. The lowest BCUT2D eigenvalue weighted by molar-refractivity contribution is 0.445. The van der Waals surface area contributed by atoms with Crippen LogP contribution in [0.15, 0.2) is 24.3 Å². The monoisotopic (exact) mass is 283 g/mol. The highest BCUT2D eigenvalue weighted by molar-refractivity contribution is 7.22. The lowest BCUT2D eigenvalue weighted by Gasteiger charge is -2.31. The van der Waals surface area contributed by atoms with Crippen LogP contribution in [-0.2, 0) is 0 Å². The smallest absolute Gasteiger partial charge is 0.186 e. The van der Waals surface area contributed by atoms with Gasteiger partial charge < -0.3 is 10.2 Å². The first-order chi connectivity index (χ1) is 8.34. The Balaban J connectivity index is 0.00000120. The molecule has 1 aromatic carbocycles. The van der Waals surface area contributed by atoms with Gasteiger partial charge in [0.25, 0.3) is 0 Å². The number of piperidine rings is 1. The number of hydrogen-bond donors (Lipinski definition) is 1. The van der Waals surface area contributed by atoms with Crippen LogP contribution in [0.2, 0.25) is 0 Å². The first kappa shape index (κ1) is 13.6. The topological polar surface area (TPSA) is 28.2 Å². The van der Waals surface area contributed by atoms with Crippen molar-refractivity contribution in [3.63, 3.8) is 0 Å². The van der Waals surface area contributed by atoms with Gasteiger partial charge in [-0.1, -0.05) is 23.5 Å². The Kier molecular flexibility index (Phi) is 4.43. The molecule has 1 aliphatic heterocycles. The number of aromatic nitrogens is 1. The summed E-state index contributed by atoms with van der Waals surface area (Å²) in [5.74, 6) is 0. The number of benzene rings is 1. The summed E-state index contributed by atoms with van der Waals surface area (Å²) in [5.41, 5.74) is 1.11. The summed E-state index contributed by atoms with van der Waals surface area (Å²) < 4.78 is 1.28. The van der Waals surface area contributed by atoms with Gasteiger partial charge in [0.15, 0.2) is 5.13 Å². The predicted molar refractivity (Wildman–Crippen MR) is 81.2 cm³/mol. The molecule has 98 valence electrons. The van der Waals surface area contributed by atoms with E-state index in [4.69, 9.17) is 4.98 Å². The van der Waals surface area contributed by atoms with Crippen LogP contribution in [0.3, 0.4) is 0 Å². The fraction of sp³-hybridized carbons (Fsp3) is 0.462. The zero-order chi connectivity index (χ0) is 11.7. The van der Waals surface area contributed by atoms with E-state index in [9.17, 15) is 0 Å². The average Bonchev–Trinajstić information content (AvgIpc) is 2.82. The van der Waals surface area contributed by atoms with Gasteiger partial charge in [0.2, 0.25) is 0 Å². The van der Waals surface area contributed by atoms with E-state index in [-0.39, 0.29) is 12.4 Å². The lowest BCUT2D eigenvalue weighted by Crippen LogP contribution is -2.44. The van der Waals surface area contributed by atoms with Gasteiger partial charge in [-0.3, -0.25) is 0 Å². The van der Waals surface area contributed by atoms with Crippen molar-refractivity contribution in [2.24, 2.45) is 0 Å². The molecule has 0 aliphatic carbocycles. The van der Waals surface area contributed by atoms with Crippen molar-refractivity contribution in [2.75, 3.05) is 25.0 Å². The number of para-hydroxylation sites is 1. The van der Waals surface area contributed by atoms with Crippen LogP contribution in [0, 0.1) is 0 Å². The minimum absolute atomic E-state index is 0. The standard InChI is InChI=1S/C13H17N3S.ClH/c1-16(10-5-4-8-14-9-10)13-15-11-6-2-3-7-12(11)17-13;/h2-3,6-7,10,14H,4-5,8-9H2,1H3;1H. The molecule has 0 bridgehead atoms. The Bertz CT molecular complexity index is 475. The molecule has 1 saturated heterocycles. The second-order valence-corrected chi connectivity index (χ2v) is 5.58. The van der Waals surface area contributed by atoms with Crippen molar-refractivity contribution < 1.29 is 0 Å². The Morgan fingerprint density at radius 3 is 2.94 bits per heavy atom. The van der Waals surface area contributed by atoms with Crippen LogP contribution >= 0.6 is 23.7 Å². The molecule has 1 fully saturated rings. The molecule has 3 nitrogen and oxygen atoms in total. The van der Waals surface area contributed by atoms with Crippen molar-refractivity contribution in [1.29, 1.82) is 0 Å². The molecule has 1 N–H and O–H groups in total. The predicted octanol–water partition coefficient (Wildman–Crippen LogP) is 2.91.